The molecular weight excluding hydrogens is 153 g/mol. The van der Waals surface area contributed by atoms with Crippen LogP contribution in [0.15, 0.2) is 6.20 Å². The fraction of sp³-hybridized carbons (Fsp3) is 0.400. The van der Waals surface area contributed by atoms with Gasteiger partial charge in [-0.3, -0.25) is 0 Å². The number of hydrogen-bond donors (Lipinski definition) is 0. The van der Waals surface area contributed by atoms with Crippen molar-refractivity contribution in [3.63, 3.8) is 0 Å². The van der Waals surface area contributed by atoms with Crippen molar-refractivity contribution in [2.75, 3.05) is 0 Å². The molecule has 1 rings (SSSR count). The van der Waals surface area contributed by atoms with Crippen molar-refractivity contribution in [3.8, 4) is 0 Å². The fourth-order valence-electron chi connectivity index (χ4n) is 0.347. The SMILES string of the molecule is Cc1cn[se]c1C. The molecule has 0 saturated heterocycles. The van der Waals surface area contributed by atoms with Gasteiger partial charge >= 0.3 is 48.8 Å². The fourth-order valence-corrected chi connectivity index (χ4v) is 1.53. The Kier molecular flexibility index (Phi) is 1.31. The molecule has 0 bridgehead atoms. The first-order valence-corrected chi connectivity index (χ1v) is 3.81. The van der Waals surface area contributed by atoms with Crippen LogP contribution in [0.3, 0.4) is 0 Å². The quantitative estimate of drug-likeness (QED) is 0.510. The summed E-state index contributed by atoms with van der Waals surface area (Å²) in [5.41, 5.74) is 1.36. The maximum absolute atomic E-state index is 4.11. The van der Waals surface area contributed by atoms with Crippen molar-refractivity contribution in [1.82, 2.24) is 3.98 Å². The third kappa shape index (κ3) is 0.929. The van der Waals surface area contributed by atoms with Gasteiger partial charge in [-0.05, 0) is 0 Å². The monoisotopic (exact) mass is 161 g/mol. The molecule has 0 fully saturated rings. The van der Waals surface area contributed by atoms with Crippen LogP contribution in [0.5, 0.6) is 0 Å². The van der Waals surface area contributed by atoms with Crippen LogP contribution in [0, 0.1) is 13.8 Å². The Labute approximate surface area is 49.4 Å². The molecule has 0 atom stereocenters. The van der Waals surface area contributed by atoms with E-state index in [-0.39, 0.29) is 0 Å². The molecule has 0 unspecified atom stereocenters. The van der Waals surface area contributed by atoms with E-state index < -0.39 is 0 Å². The predicted octanol–water partition coefficient (Wildman–Crippen LogP) is 0.755. The van der Waals surface area contributed by atoms with E-state index in [0.29, 0.717) is 14.7 Å². The first kappa shape index (κ1) is 5.07. The number of hydrogen-bond acceptors (Lipinski definition) is 1. The third-order valence-corrected chi connectivity index (χ3v) is 2.68. The van der Waals surface area contributed by atoms with Crippen LogP contribution in [-0.4, -0.2) is 18.7 Å². The molecule has 0 aliphatic heterocycles. The third-order valence-electron chi connectivity index (χ3n) is 0.991. The van der Waals surface area contributed by atoms with E-state index in [2.05, 4.69) is 17.8 Å². The number of rotatable bonds is 0. The van der Waals surface area contributed by atoms with Crippen LogP contribution in [-0.2, 0) is 0 Å². The average Bonchev–Trinajstić information content (AvgIpc) is 1.91. The summed E-state index contributed by atoms with van der Waals surface area (Å²) in [5.74, 6) is 0. The molecule has 0 aromatic carbocycles. The van der Waals surface area contributed by atoms with Gasteiger partial charge in [0.15, 0.2) is 0 Å². The summed E-state index contributed by atoms with van der Waals surface area (Å²) in [6.07, 6.45) is 1.95. The van der Waals surface area contributed by atoms with Crippen LogP contribution in [0.2, 0.25) is 0 Å². The molecule has 1 aromatic rings. The Morgan fingerprint density at radius 3 is 2.43 bits per heavy atom. The van der Waals surface area contributed by atoms with Gasteiger partial charge in [-0.1, -0.05) is 0 Å². The van der Waals surface area contributed by atoms with Crippen molar-refractivity contribution in [2.24, 2.45) is 0 Å². The summed E-state index contributed by atoms with van der Waals surface area (Å²) in [5, 5.41) is 0. The summed E-state index contributed by atoms with van der Waals surface area (Å²) >= 11 is 0.448. The molecule has 0 radical (unpaired) electrons. The number of aromatic nitrogens is 1. The van der Waals surface area contributed by atoms with Crippen molar-refractivity contribution in [2.45, 2.75) is 13.8 Å². The van der Waals surface area contributed by atoms with Gasteiger partial charge in [0.1, 0.15) is 0 Å². The second kappa shape index (κ2) is 1.81. The van der Waals surface area contributed by atoms with Crippen molar-refractivity contribution in [3.05, 3.63) is 16.2 Å². The molecule has 2 heteroatoms. The van der Waals surface area contributed by atoms with Crippen molar-refractivity contribution >= 4 is 14.7 Å². The summed E-state index contributed by atoms with van der Waals surface area (Å²) in [6.45, 7) is 4.25. The summed E-state index contributed by atoms with van der Waals surface area (Å²) in [4.78, 5) is 0. The zero-order chi connectivity index (χ0) is 5.28. The molecule has 1 nitrogen and oxygen atoms in total. The van der Waals surface area contributed by atoms with E-state index >= 15 is 0 Å². The van der Waals surface area contributed by atoms with Gasteiger partial charge in [0.25, 0.3) is 0 Å². The van der Waals surface area contributed by atoms with E-state index in [1.54, 1.807) is 0 Å². The molecule has 0 aliphatic rings. The molecule has 38 valence electrons. The molecule has 0 saturated carbocycles. The van der Waals surface area contributed by atoms with Gasteiger partial charge in [0.05, 0.1) is 0 Å². The standard InChI is InChI=1S/C5H7NSe/c1-4-3-6-7-5(4)2/h3H,1-2H3. The molecule has 0 aliphatic carbocycles. The Morgan fingerprint density at radius 1 is 1.57 bits per heavy atom. The van der Waals surface area contributed by atoms with Gasteiger partial charge in [-0.2, -0.15) is 0 Å². The van der Waals surface area contributed by atoms with E-state index in [1.807, 2.05) is 6.20 Å². The zero-order valence-corrected chi connectivity index (χ0v) is 6.15. The van der Waals surface area contributed by atoms with E-state index in [1.165, 1.54) is 10.0 Å². The Morgan fingerprint density at radius 2 is 2.29 bits per heavy atom. The van der Waals surface area contributed by atoms with E-state index in [9.17, 15) is 0 Å². The van der Waals surface area contributed by atoms with Gasteiger partial charge in [-0.15, -0.1) is 0 Å². The van der Waals surface area contributed by atoms with Gasteiger partial charge in [-0.25, -0.2) is 0 Å². The molecule has 1 aromatic heterocycles. The van der Waals surface area contributed by atoms with Crippen LogP contribution in [0.1, 0.15) is 10.0 Å². The molecule has 0 N–H and O–H groups in total. The van der Waals surface area contributed by atoms with Crippen LogP contribution < -0.4 is 0 Å². The number of nitrogens with zero attached hydrogens (tertiary/aromatic N) is 1. The summed E-state index contributed by atoms with van der Waals surface area (Å²) in [6, 6.07) is 0. The minimum absolute atomic E-state index is 0.448. The molecule has 0 spiro atoms. The molecule has 0 amide bonds. The zero-order valence-electron chi connectivity index (χ0n) is 4.43. The number of aryl methyl sites for hydroxylation is 2. The van der Waals surface area contributed by atoms with Crippen molar-refractivity contribution in [1.29, 1.82) is 0 Å². The van der Waals surface area contributed by atoms with Gasteiger partial charge in [0.2, 0.25) is 0 Å². The van der Waals surface area contributed by atoms with Crippen LogP contribution in [0.25, 0.3) is 0 Å². The summed E-state index contributed by atoms with van der Waals surface area (Å²) in [7, 11) is 0. The average molecular weight is 160 g/mol. The molecule has 1 heterocycles. The second-order valence-electron chi connectivity index (χ2n) is 1.56. The topological polar surface area (TPSA) is 12.9 Å². The normalized spacial score (nSPS) is 9.43. The Bertz CT molecular complexity index is 140. The molecule has 7 heavy (non-hydrogen) atoms. The molecular formula is C5H7NSe. The maximum atomic E-state index is 4.11. The first-order valence-electron chi connectivity index (χ1n) is 2.18. The Hall–Kier alpha value is -0.0705. The minimum atomic E-state index is 0.448. The van der Waals surface area contributed by atoms with Gasteiger partial charge < -0.3 is 0 Å². The van der Waals surface area contributed by atoms with E-state index in [4.69, 9.17) is 0 Å². The van der Waals surface area contributed by atoms with Crippen molar-refractivity contribution < 1.29 is 0 Å². The first-order chi connectivity index (χ1) is 3.30. The predicted molar refractivity (Wildman–Crippen MR) is 30.7 cm³/mol. The second-order valence-corrected chi connectivity index (χ2v) is 3.68. The van der Waals surface area contributed by atoms with Gasteiger partial charge in [0, 0.05) is 0 Å². The van der Waals surface area contributed by atoms with Crippen LogP contribution >= 0.6 is 0 Å². The Balaban J connectivity index is 3.12. The van der Waals surface area contributed by atoms with E-state index in [0.717, 1.165) is 0 Å². The van der Waals surface area contributed by atoms with Crippen LogP contribution in [0.4, 0.5) is 0 Å². The summed E-state index contributed by atoms with van der Waals surface area (Å²) < 4.78 is 5.57.